The van der Waals surface area contributed by atoms with E-state index in [1.54, 1.807) is 13.8 Å². The number of aryl methyl sites for hydroxylation is 3. The summed E-state index contributed by atoms with van der Waals surface area (Å²) >= 11 is 11.8. The summed E-state index contributed by atoms with van der Waals surface area (Å²) in [6, 6.07) is 7.94. The van der Waals surface area contributed by atoms with Crippen molar-refractivity contribution >= 4 is 33.3 Å². The molecule has 112 valence electrons. The summed E-state index contributed by atoms with van der Waals surface area (Å²) in [5.41, 5.74) is 2.53. The third kappa shape index (κ3) is 3.51. The van der Waals surface area contributed by atoms with Gasteiger partial charge in [-0.25, -0.2) is 0 Å². The van der Waals surface area contributed by atoms with E-state index >= 15 is 0 Å². The van der Waals surface area contributed by atoms with Crippen LogP contribution in [0.2, 0.25) is 10.0 Å². The molecule has 0 aliphatic carbocycles. The molecule has 0 N–H and O–H groups in total. The average molecular weight is 345 g/mol. The van der Waals surface area contributed by atoms with E-state index in [0.29, 0.717) is 5.75 Å². The second-order valence-electron chi connectivity index (χ2n) is 4.84. The van der Waals surface area contributed by atoms with Crippen LogP contribution in [0.15, 0.2) is 35.2 Å². The van der Waals surface area contributed by atoms with Crippen LogP contribution in [0.25, 0.3) is 0 Å². The number of hydrogen-bond donors (Lipinski definition) is 0. The second-order valence-corrected chi connectivity index (χ2v) is 7.20. The van der Waals surface area contributed by atoms with Crippen LogP contribution in [0, 0.1) is 20.8 Å². The maximum Gasteiger partial charge on any atom is 0.340 e. The Morgan fingerprint density at radius 1 is 0.952 bits per heavy atom. The van der Waals surface area contributed by atoms with Gasteiger partial charge in [-0.1, -0.05) is 40.9 Å². The summed E-state index contributed by atoms with van der Waals surface area (Å²) in [4.78, 5) is -0.143. The standard InChI is InChI=1S/C15H14Cl2O3S/c1-9-6-10(2)15(11(3)7-9)20-21(18,19)14-8-12(16)4-5-13(14)17/h4-8H,1-3H3. The summed E-state index contributed by atoms with van der Waals surface area (Å²) < 4.78 is 30.1. The molecule has 2 aromatic carbocycles. The maximum atomic E-state index is 12.4. The van der Waals surface area contributed by atoms with Crippen LogP contribution in [0.5, 0.6) is 5.75 Å². The Kier molecular flexibility index (Phi) is 4.51. The minimum absolute atomic E-state index is 0.0711. The highest BCUT2D eigenvalue weighted by atomic mass is 35.5. The van der Waals surface area contributed by atoms with Gasteiger partial charge in [-0.15, -0.1) is 0 Å². The van der Waals surface area contributed by atoms with Gasteiger partial charge in [0, 0.05) is 5.02 Å². The Balaban J connectivity index is 2.50. The van der Waals surface area contributed by atoms with Crippen LogP contribution >= 0.6 is 23.2 Å². The normalized spacial score (nSPS) is 11.5. The van der Waals surface area contributed by atoms with Gasteiger partial charge in [0.1, 0.15) is 10.6 Å². The number of benzene rings is 2. The summed E-state index contributed by atoms with van der Waals surface area (Å²) in [6.45, 7) is 5.53. The first-order chi connectivity index (χ1) is 9.70. The minimum Gasteiger partial charge on any atom is -0.378 e. The molecule has 0 amide bonds. The van der Waals surface area contributed by atoms with Gasteiger partial charge in [0.05, 0.1) is 5.02 Å². The first kappa shape index (κ1) is 16.1. The summed E-state index contributed by atoms with van der Waals surface area (Å²) in [7, 11) is -4.04. The van der Waals surface area contributed by atoms with Crippen LogP contribution in [0.4, 0.5) is 0 Å². The molecule has 0 saturated heterocycles. The maximum absolute atomic E-state index is 12.4. The monoisotopic (exact) mass is 344 g/mol. The van der Waals surface area contributed by atoms with Gasteiger partial charge in [-0.2, -0.15) is 8.42 Å². The summed E-state index contributed by atoms with van der Waals surface area (Å²) in [5, 5.41) is 0.348. The third-order valence-electron chi connectivity index (χ3n) is 2.96. The van der Waals surface area contributed by atoms with E-state index in [1.165, 1.54) is 18.2 Å². The van der Waals surface area contributed by atoms with E-state index < -0.39 is 10.1 Å². The Bertz CT molecular complexity index is 776. The van der Waals surface area contributed by atoms with Crippen molar-refractivity contribution in [3.05, 3.63) is 57.1 Å². The molecule has 0 unspecified atom stereocenters. The molecule has 0 aromatic heterocycles. The molecule has 3 nitrogen and oxygen atoms in total. The average Bonchev–Trinajstić information content (AvgIpc) is 2.36. The van der Waals surface area contributed by atoms with Crippen molar-refractivity contribution in [3.8, 4) is 5.75 Å². The molecule has 0 heterocycles. The fourth-order valence-corrected chi connectivity index (χ4v) is 3.91. The molecule has 6 heteroatoms. The molecule has 2 rings (SSSR count). The molecular weight excluding hydrogens is 331 g/mol. The number of rotatable bonds is 3. The minimum atomic E-state index is -4.04. The molecule has 0 bridgehead atoms. The largest absolute Gasteiger partial charge is 0.378 e. The quantitative estimate of drug-likeness (QED) is 0.758. The molecule has 0 saturated carbocycles. The van der Waals surface area contributed by atoms with Crippen molar-refractivity contribution in [1.29, 1.82) is 0 Å². The molecule has 0 fully saturated rings. The van der Waals surface area contributed by atoms with Crippen LogP contribution in [-0.2, 0) is 10.1 Å². The number of hydrogen-bond acceptors (Lipinski definition) is 3. The molecular formula is C15H14Cl2O3S. The zero-order valence-electron chi connectivity index (χ0n) is 11.8. The Morgan fingerprint density at radius 3 is 2.10 bits per heavy atom. The molecule has 0 aliphatic rings. The topological polar surface area (TPSA) is 43.4 Å². The van der Waals surface area contributed by atoms with Gasteiger partial charge < -0.3 is 4.18 Å². The molecule has 0 atom stereocenters. The van der Waals surface area contributed by atoms with Gasteiger partial charge in [-0.3, -0.25) is 0 Å². The Morgan fingerprint density at radius 2 is 1.52 bits per heavy atom. The van der Waals surface area contributed by atoms with E-state index in [4.69, 9.17) is 27.4 Å². The lowest BCUT2D eigenvalue weighted by molar-refractivity contribution is 0.482. The molecule has 0 radical (unpaired) electrons. The number of halogens is 2. The van der Waals surface area contributed by atoms with Crippen molar-refractivity contribution in [2.24, 2.45) is 0 Å². The zero-order chi connectivity index (χ0) is 15.8. The fourth-order valence-electron chi connectivity index (χ4n) is 2.12. The Labute approximate surface area is 134 Å². The van der Waals surface area contributed by atoms with E-state index in [1.807, 2.05) is 19.1 Å². The first-order valence-electron chi connectivity index (χ1n) is 6.18. The highest BCUT2D eigenvalue weighted by molar-refractivity contribution is 7.87. The zero-order valence-corrected chi connectivity index (χ0v) is 14.1. The van der Waals surface area contributed by atoms with E-state index in [0.717, 1.165) is 16.7 Å². The summed E-state index contributed by atoms with van der Waals surface area (Å²) in [5.74, 6) is 0.316. The molecule has 21 heavy (non-hydrogen) atoms. The van der Waals surface area contributed by atoms with Gasteiger partial charge in [0.15, 0.2) is 0 Å². The Hall–Kier alpha value is -1.23. The first-order valence-corrected chi connectivity index (χ1v) is 8.34. The molecule has 0 aliphatic heterocycles. The fraction of sp³-hybridized carbons (Fsp3) is 0.200. The predicted octanol–water partition coefficient (Wildman–Crippen LogP) is 4.69. The molecule has 0 spiro atoms. The summed E-state index contributed by atoms with van der Waals surface area (Å²) in [6.07, 6.45) is 0. The van der Waals surface area contributed by atoms with Crippen molar-refractivity contribution < 1.29 is 12.6 Å². The highest BCUT2D eigenvalue weighted by Gasteiger charge is 2.22. The van der Waals surface area contributed by atoms with Gasteiger partial charge in [-0.05, 0) is 50.1 Å². The van der Waals surface area contributed by atoms with E-state index in [9.17, 15) is 8.42 Å². The van der Waals surface area contributed by atoms with E-state index in [-0.39, 0.29) is 14.9 Å². The van der Waals surface area contributed by atoms with Gasteiger partial charge in [0.2, 0.25) is 0 Å². The van der Waals surface area contributed by atoms with Crippen molar-refractivity contribution in [1.82, 2.24) is 0 Å². The van der Waals surface area contributed by atoms with Crippen LogP contribution < -0.4 is 4.18 Å². The molecule has 2 aromatic rings. The van der Waals surface area contributed by atoms with Gasteiger partial charge >= 0.3 is 10.1 Å². The highest BCUT2D eigenvalue weighted by Crippen LogP contribution is 2.31. The lowest BCUT2D eigenvalue weighted by atomic mass is 10.1. The van der Waals surface area contributed by atoms with Crippen molar-refractivity contribution in [2.75, 3.05) is 0 Å². The van der Waals surface area contributed by atoms with Crippen LogP contribution in [-0.4, -0.2) is 8.42 Å². The van der Waals surface area contributed by atoms with Crippen LogP contribution in [0.1, 0.15) is 16.7 Å². The van der Waals surface area contributed by atoms with Crippen molar-refractivity contribution in [3.63, 3.8) is 0 Å². The second kappa shape index (κ2) is 5.87. The lowest BCUT2D eigenvalue weighted by Gasteiger charge is -2.13. The van der Waals surface area contributed by atoms with E-state index in [2.05, 4.69) is 0 Å². The SMILES string of the molecule is Cc1cc(C)c(OS(=O)(=O)c2cc(Cl)ccc2Cl)c(C)c1. The van der Waals surface area contributed by atoms with Gasteiger partial charge in [0.25, 0.3) is 0 Å². The third-order valence-corrected chi connectivity index (χ3v) is 4.90. The van der Waals surface area contributed by atoms with Crippen molar-refractivity contribution in [2.45, 2.75) is 25.7 Å². The van der Waals surface area contributed by atoms with Crippen LogP contribution in [0.3, 0.4) is 0 Å². The smallest absolute Gasteiger partial charge is 0.340 e. The lowest BCUT2D eigenvalue weighted by Crippen LogP contribution is -2.12. The predicted molar refractivity (Wildman–Crippen MR) is 84.9 cm³/mol.